The summed E-state index contributed by atoms with van der Waals surface area (Å²) in [4.78, 5) is 11.2. The summed E-state index contributed by atoms with van der Waals surface area (Å²) in [6.45, 7) is 2.89. The van der Waals surface area contributed by atoms with E-state index < -0.39 is 0 Å². The number of rotatable bonds is 5. The predicted octanol–water partition coefficient (Wildman–Crippen LogP) is 1.25. The molecule has 74 valence electrons. The smallest absolute Gasteiger partial charge is 0.246 e. The average molecular weight is 183 g/mol. The number of hydrogen-bond acceptors (Lipinski definition) is 2. The Hall–Kier alpha value is -0.830. The van der Waals surface area contributed by atoms with Gasteiger partial charge in [-0.1, -0.05) is 19.1 Å². The molecule has 1 N–H and O–H groups in total. The van der Waals surface area contributed by atoms with Gasteiger partial charge in [0.15, 0.2) is 0 Å². The van der Waals surface area contributed by atoms with E-state index in [0.29, 0.717) is 12.6 Å². The molecule has 0 heterocycles. The molecule has 0 saturated heterocycles. The molecule has 1 rings (SSSR count). The fraction of sp³-hybridized carbons (Fsp3) is 0.700. The molecule has 1 amide bonds. The van der Waals surface area contributed by atoms with Crippen LogP contribution in [0.4, 0.5) is 0 Å². The highest BCUT2D eigenvalue weighted by molar-refractivity contribution is 5.77. The molecule has 0 aliphatic heterocycles. The number of ether oxygens (including phenoxy) is 1. The van der Waals surface area contributed by atoms with Crippen LogP contribution in [0.3, 0.4) is 0 Å². The maximum Gasteiger partial charge on any atom is 0.246 e. The molecule has 0 bridgehead atoms. The minimum absolute atomic E-state index is 0.00199. The van der Waals surface area contributed by atoms with Gasteiger partial charge in [-0.05, 0) is 19.3 Å². The van der Waals surface area contributed by atoms with Crippen LogP contribution in [0.1, 0.15) is 26.2 Å². The Morgan fingerprint density at radius 3 is 2.85 bits per heavy atom. The number of amides is 1. The maximum atomic E-state index is 11.2. The van der Waals surface area contributed by atoms with Gasteiger partial charge in [0.2, 0.25) is 5.91 Å². The summed E-state index contributed by atoms with van der Waals surface area (Å²) in [5, 5.41) is 2.91. The van der Waals surface area contributed by atoms with Crippen molar-refractivity contribution in [2.45, 2.75) is 32.2 Å². The van der Waals surface area contributed by atoms with Gasteiger partial charge in [-0.15, -0.1) is 0 Å². The van der Waals surface area contributed by atoms with Crippen LogP contribution in [-0.2, 0) is 9.53 Å². The molecular formula is C10H17NO2. The molecule has 13 heavy (non-hydrogen) atoms. The summed E-state index contributed by atoms with van der Waals surface area (Å²) >= 11 is 0. The first-order valence-electron chi connectivity index (χ1n) is 4.85. The monoisotopic (exact) mass is 183 g/mol. The van der Waals surface area contributed by atoms with Crippen LogP contribution in [0.2, 0.25) is 0 Å². The normalized spacial score (nSPS) is 16.4. The van der Waals surface area contributed by atoms with Gasteiger partial charge in [0, 0.05) is 12.6 Å². The number of hydrogen-bond donors (Lipinski definition) is 1. The summed E-state index contributed by atoms with van der Waals surface area (Å²) < 4.78 is 5.12. The first-order valence-corrected chi connectivity index (χ1v) is 4.85. The summed E-state index contributed by atoms with van der Waals surface area (Å²) in [7, 11) is 0. The zero-order valence-corrected chi connectivity index (χ0v) is 8.08. The molecule has 3 heteroatoms. The molecule has 1 aliphatic rings. The van der Waals surface area contributed by atoms with Gasteiger partial charge in [-0.25, -0.2) is 0 Å². The molecule has 1 aliphatic carbocycles. The molecule has 0 aromatic heterocycles. The standard InChI is InChI=1S/C10H17NO2/c1-2-7-13-8-10(12)11-9-5-3-4-6-9/h3-4,9H,2,5-8H2,1H3,(H,11,12). The molecule has 0 radical (unpaired) electrons. The van der Waals surface area contributed by atoms with E-state index >= 15 is 0 Å². The van der Waals surface area contributed by atoms with Crippen molar-refractivity contribution in [2.24, 2.45) is 0 Å². The van der Waals surface area contributed by atoms with Crippen molar-refractivity contribution in [1.82, 2.24) is 5.32 Å². The molecule has 0 aromatic carbocycles. The van der Waals surface area contributed by atoms with Gasteiger partial charge >= 0.3 is 0 Å². The third-order valence-corrected chi connectivity index (χ3v) is 1.95. The maximum absolute atomic E-state index is 11.2. The van der Waals surface area contributed by atoms with Gasteiger partial charge in [0.05, 0.1) is 0 Å². The molecule has 0 saturated carbocycles. The van der Waals surface area contributed by atoms with E-state index in [-0.39, 0.29) is 12.5 Å². The molecule has 0 fully saturated rings. The Bertz CT molecular complexity index is 181. The Labute approximate surface area is 79.2 Å². The van der Waals surface area contributed by atoms with E-state index in [4.69, 9.17) is 4.74 Å². The zero-order chi connectivity index (χ0) is 9.52. The highest BCUT2D eigenvalue weighted by Gasteiger charge is 2.12. The van der Waals surface area contributed by atoms with Crippen LogP contribution in [0.15, 0.2) is 12.2 Å². The third kappa shape index (κ3) is 4.08. The van der Waals surface area contributed by atoms with E-state index in [1.807, 2.05) is 6.92 Å². The van der Waals surface area contributed by atoms with Gasteiger partial charge in [-0.2, -0.15) is 0 Å². The first kappa shape index (κ1) is 10.3. The SMILES string of the molecule is CCCOCC(=O)NC1CC=CC1. The second-order valence-corrected chi connectivity index (χ2v) is 3.26. The Morgan fingerprint density at radius 1 is 1.54 bits per heavy atom. The van der Waals surface area contributed by atoms with Gasteiger partial charge in [0.25, 0.3) is 0 Å². The summed E-state index contributed by atoms with van der Waals surface area (Å²) in [5.41, 5.74) is 0. The van der Waals surface area contributed by atoms with Crippen molar-refractivity contribution in [3.05, 3.63) is 12.2 Å². The minimum Gasteiger partial charge on any atom is -0.372 e. The summed E-state index contributed by atoms with van der Waals surface area (Å²) in [5.74, 6) is 0.00199. The van der Waals surface area contributed by atoms with Crippen molar-refractivity contribution < 1.29 is 9.53 Å². The van der Waals surface area contributed by atoms with E-state index in [1.54, 1.807) is 0 Å². The summed E-state index contributed by atoms with van der Waals surface area (Å²) in [6.07, 6.45) is 7.06. The van der Waals surface area contributed by atoms with E-state index in [9.17, 15) is 4.79 Å². The van der Waals surface area contributed by atoms with Crippen LogP contribution in [-0.4, -0.2) is 25.2 Å². The fourth-order valence-electron chi connectivity index (χ4n) is 1.31. The Morgan fingerprint density at radius 2 is 2.23 bits per heavy atom. The highest BCUT2D eigenvalue weighted by Crippen LogP contribution is 2.08. The summed E-state index contributed by atoms with van der Waals surface area (Å²) in [6, 6.07) is 0.303. The van der Waals surface area contributed by atoms with E-state index in [2.05, 4.69) is 17.5 Å². The molecular weight excluding hydrogens is 166 g/mol. The number of carbonyl (C=O) groups excluding carboxylic acids is 1. The quantitative estimate of drug-likeness (QED) is 0.514. The lowest BCUT2D eigenvalue weighted by Crippen LogP contribution is -2.35. The Kier molecular flexibility index (Phi) is 4.54. The van der Waals surface area contributed by atoms with Crippen LogP contribution in [0.5, 0.6) is 0 Å². The van der Waals surface area contributed by atoms with Crippen molar-refractivity contribution in [3.8, 4) is 0 Å². The molecule has 3 nitrogen and oxygen atoms in total. The van der Waals surface area contributed by atoms with Crippen molar-refractivity contribution in [3.63, 3.8) is 0 Å². The van der Waals surface area contributed by atoms with Crippen LogP contribution in [0.25, 0.3) is 0 Å². The van der Waals surface area contributed by atoms with Crippen LogP contribution in [0, 0.1) is 0 Å². The number of carbonyl (C=O) groups is 1. The first-order chi connectivity index (χ1) is 6.33. The second kappa shape index (κ2) is 5.75. The minimum atomic E-state index is 0.00199. The highest BCUT2D eigenvalue weighted by atomic mass is 16.5. The average Bonchev–Trinajstić information content (AvgIpc) is 2.57. The lowest BCUT2D eigenvalue weighted by Gasteiger charge is -2.11. The van der Waals surface area contributed by atoms with Gasteiger partial charge < -0.3 is 10.1 Å². The van der Waals surface area contributed by atoms with Crippen molar-refractivity contribution in [1.29, 1.82) is 0 Å². The van der Waals surface area contributed by atoms with Gasteiger partial charge in [0.1, 0.15) is 6.61 Å². The largest absolute Gasteiger partial charge is 0.372 e. The predicted molar refractivity (Wildman–Crippen MR) is 51.4 cm³/mol. The van der Waals surface area contributed by atoms with E-state index in [1.165, 1.54) is 0 Å². The van der Waals surface area contributed by atoms with Gasteiger partial charge in [-0.3, -0.25) is 4.79 Å². The van der Waals surface area contributed by atoms with Crippen LogP contribution < -0.4 is 5.32 Å². The Balaban J connectivity index is 2.03. The lowest BCUT2D eigenvalue weighted by atomic mass is 10.2. The molecule has 0 aromatic rings. The molecule has 0 atom stereocenters. The molecule has 0 spiro atoms. The molecule has 0 unspecified atom stereocenters. The van der Waals surface area contributed by atoms with E-state index in [0.717, 1.165) is 19.3 Å². The van der Waals surface area contributed by atoms with Crippen LogP contribution >= 0.6 is 0 Å². The fourth-order valence-corrected chi connectivity index (χ4v) is 1.31. The van der Waals surface area contributed by atoms with Crippen molar-refractivity contribution in [2.75, 3.05) is 13.2 Å². The topological polar surface area (TPSA) is 38.3 Å². The third-order valence-electron chi connectivity index (χ3n) is 1.95. The van der Waals surface area contributed by atoms with Crippen molar-refractivity contribution >= 4 is 5.91 Å². The zero-order valence-electron chi connectivity index (χ0n) is 8.08. The second-order valence-electron chi connectivity index (χ2n) is 3.26. The number of nitrogens with one attached hydrogen (secondary N) is 1. The lowest BCUT2D eigenvalue weighted by molar-refractivity contribution is -0.126.